The van der Waals surface area contributed by atoms with Crippen molar-refractivity contribution < 1.29 is 0 Å². The third-order valence-corrected chi connectivity index (χ3v) is 2.18. The van der Waals surface area contributed by atoms with Gasteiger partial charge < -0.3 is 5.32 Å². The van der Waals surface area contributed by atoms with Crippen molar-refractivity contribution >= 4 is 5.69 Å². The van der Waals surface area contributed by atoms with Crippen molar-refractivity contribution in [1.82, 2.24) is 0 Å². The molecule has 0 aliphatic carbocycles. The molecule has 0 saturated heterocycles. The number of rotatable bonds is 3. The average molecular weight is 199 g/mol. The summed E-state index contributed by atoms with van der Waals surface area (Å²) in [6.07, 6.45) is 0.429. The molecule has 0 heterocycles. The molecule has 76 valence electrons. The largest absolute Gasteiger partial charge is 0.380 e. The third kappa shape index (κ3) is 2.72. The van der Waals surface area contributed by atoms with Gasteiger partial charge in [-0.25, -0.2) is 0 Å². The van der Waals surface area contributed by atoms with Crippen LogP contribution in [0.3, 0.4) is 0 Å². The summed E-state index contributed by atoms with van der Waals surface area (Å²) in [7, 11) is 0. The first kappa shape index (κ1) is 11.1. The maximum atomic E-state index is 8.99. The number of nitriles is 2. The minimum absolute atomic E-state index is 0.0592. The van der Waals surface area contributed by atoms with Crippen molar-refractivity contribution in [1.29, 1.82) is 10.5 Å². The zero-order valence-electron chi connectivity index (χ0n) is 8.91. The van der Waals surface area contributed by atoms with Crippen molar-refractivity contribution in [3.63, 3.8) is 0 Å². The fourth-order valence-electron chi connectivity index (χ4n) is 1.39. The molecular formula is C12H13N3. The molecule has 0 fully saturated rings. The van der Waals surface area contributed by atoms with Gasteiger partial charge in [0, 0.05) is 6.04 Å². The summed E-state index contributed by atoms with van der Waals surface area (Å²) in [4.78, 5) is 0. The number of hydrogen-bond donors (Lipinski definition) is 1. The van der Waals surface area contributed by atoms with Gasteiger partial charge in [0.15, 0.2) is 0 Å². The fourth-order valence-corrected chi connectivity index (χ4v) is 1.39. The lowest BCUT2D eigenvalue weighted by atomic mass is 10.1. The van der Waals surface area contributed by atoms with E-state index in [9.17, 15) is 0 Å². The summed E-state index contributed by atoms with van der Waals surface area (Å²) in [5.74, 6) is 0. The predicted octanol–water partition coefficient (Wildman–Crippen LogP) is 2.58. The summed E-state index contributed by atoms with van der Waals surface area (Å²) < 4.78 is 0. The average Bonchev–Trinajstić information content (AvgIpc) is 2.18. The Kier molecular flexibility index (Phi) is 3.71. The lowest BCUT2D eigenvalue weighted by molar-refractivity contribution is 0.820. The van der Waals surface area contributed by atoms with Crippen molar-refractivity contribution in [3.8, 4) is 12.1 Å². The highest BCUT2D eigenvalue weighted by molar-refractivity contribution is 5.61. The predicted molar refractivity (Wildman–Crippen MR) is 59.2 cm³/mol. The van der Waals surface area contributed by atoms with E-state index in [1.54, 1.807) is 0 Å². The molecule has 3 heteroatoms. The van der Waals surface area contributed by atoms with Gasteiger partial charge in [-0.1, -0.05) is 12.1 Å². The summed E-state index contributed by atoms with van der Waals surface area (Å²) in [6.45, 7) is 3.82. The van der Waals surface area contributed by atoms with Crippen molar-refractivity contribution in [2.24, 2.45) is 0 Å². The van der Waals surface area contributed by atoms with E-state index in [0.717, 1.165) is 11.3 Å². The second kappa shape index (κ2) is 5.02. The van der Waals surface area contributed by atoms with E-state index < -0.39 is 0 Å². The minimum Gasteiger partial charge on any atom is -0.380 e. The van der Waals surface area contributed by atoms with E-state index in [-0.39, 0.29) is 6.04 Å². The van der Waals surface area contributed by atoms with Crippen molar-refractivity contribution in [3.05, 3.63) is 29.3 Å². The number of benzene rings is 1. The van der Waals surface area contributed by atoms with Gasteiger partial charge in [0.2, 0.25) is 0 Å². The van der Waals surface area contributed by atoms with E-state index in [2.05, 4.69) is 17.5 Å². The van der Waals surface area contributed by atoms with Gasteiger partial charge in [-0.2, -0.15) is 10.5 Å². The van der Waals surface area contributed by atoms with E-state index in [1.165, 1.54) is 0 Å². The number of nitrogens with one attached hydrogen (secondary N) is 1. The van der Waals surface area contributed by atoms with Crippen molar-refractivity contribution in [2.75, 3.05) is 5.32 Å². The molecular weight excluding hydrogens is 186 g/mol. The Hall–Kier alpha value is -2.00. The molecule has 0 saturated carbocycles. The van der Waals surface area contributed by atoms with Crippen LogP contribution in [0.25, 0.3) is 0 Å². The first-order chi connectivity index (χ1) is 7.19. The number of anilines is 1. The Bertz CT molecular complexity index is 423. The van der Waals surface area contributed by atoms with Crippen LogP contribution in [0.15, 0.2) is 18.2 Å². The van der Waals surface area contributed by atoms with Gasteiger partial charge in [0.25, 0.3) is 0 Å². The lowest BCUT2D eigenvalue weighted by Crippen LogP contribution is -2.15. The van der Waals surface area contributed by atoms with Crippen LogP contribution in [0.4, 0.5) is 5.69 Å². The molecule has 1 atom stereocenters. The van der Waals surface area contributed by atoms with Gasteiger partial charge >= 0.3 is 0 Å². The molecule has 0 spiro atoms. The molecule has 0 radical (unpaired) electrons. The van der Waals surface area contributed by atoms with Crippen LogP contribution in [0.2, 0.25) is 0 Å². The van der Waals surface area contributed by atoms with Gasteiger partial charge in [0.1, 0.15) is 6.07 Å². The fraction of sp³-hybridized carbons (Fsp3) is 0.333. The van der Waals surface area contributed by atoms with Crippen LogP contribution in [0, 0.1) is 29.6 Å². The third-order valence-electron chi connectivity index (χ3n) is 2.18. The van der Waals surface area contributed by atoms with Gasteiger partial charge in [0.05, 0.1) is 23.7 Å². The van der Waals surface area contributed by atoms with E-state index in [0.29, 0.717) is 12.0 Å². The van der Waals surface area contributed by atoms with Crippen molar-refractivity contribution in [2.45, 2.75) is 26.3 Å². The molecule has 1 N–H and O–H groups in total. The number of nitrogens with zero attached hydrogens (tertiary/aromatic N) is 2. The zero-order chi connectivity index (χ0) is 11.3. The summed E-state index contributed by atoms with van der Waals surface area (Å²) in [5, 5.41) is 20.7. The first-order valence-corrected chi connectivity index (χ1v) is 4.82. The molecule has 0 aliphatic rings. The summed E-state index contributed by atoms with van der Waals surface area (Å²) in [6, 6.07) is 9.98. The van der Waals surface area contributed by atoms with Crippen LogP contribution in [0.1, 0.15) is 24.5 Å². The molecule has 1 rings (SSSR count). The lowest BCUT2D eigenvalue weighted by Gasteiger charge is -2.14. The highest BCUT2D eigenvalue weighted by Crippen LogP contribution is 2.19. The van der Waals surface area contributed by atoms with E-state index in [4.69, 9.17) is 10.5 Å². The van der Waals surface area contributed by atoms with Gasteiger partial charge in [-0.05, 0) is 25.5 Å². The Balaban J connectivity index is 2.92. The standard InChI is InChI=1S/C12H13N3/c1-9-4-3-5-12(11(9)8-14)15-10(2)6-7-13/h3-5,10,15H,6H2,1-2H3. The van der Waals surface area contributed by atoms with E-state index in [1.807, 2.05) is 32.0 Å². The molecule has 0 bridgehead atoms. The second-order valence-corrected chi connectivity index (χ2v) is 3.52. The molecule has 1 aromatic rings. The summed E-state index contributed by atoms with van der Waals surface area (Å²) in [5.41, 5.74) is 2.41. The quantitative estimate of drug-likeness (QED) is 0.813. The molecule has 0 aromatic heterocycles. The summed E-state index contributed by atoms with van der Waals surface area (Å²) >= 11 is 0. The first-order valence-electron chi connectivity index (χ1n) is 4.82. The Labute approximate surface area is 90.0 Å². The SMILES string of the molecule is Cc1cccc(NC(C)CC#N)c1C#N. The van der Waals surface area contributed by atoms with Gasteiger partial charge in [-0.15, -0.1) is 0 Å². The van der Waals surface area contributed by atoms with E-state index >= 15 is 0 Å². The molecule has 15 heavy (non-hydrogen) atoms. The Morgan fingerprint density at radius 3 is 2.73 bits per heavy atom. The number of hydrogen-bond acceptors (Lipinski definition) is 3. The molecule has 1 aromatic carbocycles. The normalized spacial score (nSPS) is 11.2. The Morgan fingerprint density at radius 2 is 2.13 bits per heavy atom. The van der Waals surface area contributed by atoms with Crippen LogP contribution < -0.4 is 5.32 Å². The van der Waals surface area contributed by atoms with Crippen LogP contribution in [0.5, 0.6) is 0 Å². The maximum Gasteiger partial charge on any atom is 0.102 e. The van der Waals surface area contributed by atoms with Crippen LogP contribution in [-0.2, 0) is 0 Å². The highest BCUT2D eigenvalue weighted by atomic mass is 14.9. The maximum absolute atomic E-state index is 8.99. The number of aryl methyl sites for hydroxylation is 1. The monoisotopic (exact) mass is 199 g/mol. The molecule has 1 unspecified atom stereocenters. The topological polar surface area (TPSA) is 59.6 Å². The van der Waals surface area contributed by atoms with Crippen LogP contribution in [-0.4, -0.2) is 6.04 Å². The minimum atomic E-state index is 0.0592. The molecule has 0 aliphatic heterocycles. The second-order valence-electron chi connectivity index (χ2n) is 3.52. The van der Waals surface area contributed by atoms with Crippen LogP contribution >= 0.6 is 0 Å². The molecule has 3 nitrogen and oxygen atoms in total. The Morgan fingerprint density at radius 1 is 1.40 bits per heavy atom. The molecule has 0 amide bonds. The highest BCUT2D eigenvalue weighted by Gasteiger charge is 2.07. The zero-order valence-corrected chi connectivity index (χ0v) is 8.91. The van der Waals surface area contributed by atoms with Gasteiger partial charge in [-0.3, -0.25) is 0 Å². The smallest absolute Gasteiger partial charge is 0.102 e.